The molecule has 1 aromatic carbocycles. The summed E-state index contributed by atoms with van der Waals surface area (Å²) >= 11 is 1.81. The molecule has 1 aliphatic carbocycles. The van der Waals surface area contributed by atoms with Crippen LogP contribution in [0.15, 0.2) is 29.9 Å². The second-order valence-electron chi connectivity index (χ2n) is 13.0. The Morgan fingerprint density at radius 2 is 1.95 bits per heavy atom. The van der Waals surface area contributed by atoms with Crippen molar-refractivity contribution in [3.05, 3.63) is 62.7 Å². The van der Waals surface area contributed by atoms with Gasteiger partial charge >= 0.3 is 0 Å². The molecule has 10 nitrogen and oxygen atoms in total. The van der Waals surface area contributed by atoms with Gasteiger partial charge in [0.2, 0.25) is 0 Å². The molecule has 1 atom stereocenters. The van der Waals surface area contributed by atoms with Crippen molar-refractivity contribution < 1.29 is 4.74 Å². The smallest absolute Gasteiger partial charge is 0.110 e. The molecule has 1 saturated heterocycles. The molecular weight excluding hydrogens is 558 g/mol. The van der Waals surface area contributed by atoms with E-state index in [1.165, 1.54) is 16.0 Å². The van der Waals surface area contributed by atoms with Crippen LogP contribution in [-0.2, 0) is 17.7 Å². The van der Waals surface area contributed by atoms with Crippen LogP contribution in [0.3, 0.4) is 0 Å². The van der Waals surface area contributed by atoms with Crippen molar-refractivity contribution in [2.45, 2.75) is 64.7 Å². The molecule has 4 aromatic rings. The Labute approximate surface area is 255 Å². The number of ether oxygens (including phenoxy) is 1. The molecule has 0 spiro atoms. The van der Waals surface area contributed by atoms with Crippen molar-refractivity contribution in [1.29, 1.82) is 10.5 Å². The minimum absolute atomic E-state index is 0.00595. The lowest BCUT2D eigenvalue weighted by atomic mass is 9.95. The molecule has 2 N–H and O–H groups in total. The zero-order valence-corrected chi connectivity index (χ0v) is 25.5. The Kier molecular flexibility index (Phi) is 7.05. The monoisotopic (exact) mass is 593 g/mol. The Morgan fingerprint density at radius 1 is 1.14 bits per heavy atom. The van der Waals surface area contributed by atoms with Gasteiger partial charge in [-0.05, 0) is 53.3 Å². The van der Waals surface area contributed by atoms with E-state index in [0.717, 1.165) is 62.3 Å². The van der Waals surface area contributed by atoms with Gasteiger partial charge in [0.1, 0.15) is 17.8 Å². The molecule has 2 aliphatic heterocycles. The van der Waals surface area contributed by atoms with Crippen LogP contribution in [0, 0.1) is 28.1 Å². The highest BCUT2D eigenvalue weighted by Crippen LogP contribution is 2.40. The minimum Gasteiger partial charge on any atom is -0.383 e. The molecule has 5 heterocycles. The van der Waals surface area contributed by atoms with Gasteiger partial charge in [-0.15, -0.1) is 16.4 Å². The number of nitrogens with one attached hydrogen (secondary N) is 2. The Bertz CT molecular complexity index is 1760. The summed E-state index contributed by atoms with van der Waals surface area (Å²) in [6, 6.07) is 9.18. The molecule has 1 saturated carbocycles. The normalized spacial score (nSPS) is 18.0. The molecule has 0 unspecified atom stereocenters. The fraction of sp³-hybridized carbons (Fsp3) is 0.469. The van der Waals surface area contributed by atoms with Crippen molar-refractivity contribution in [3.63, 3.8) is 0 Å². The van der Waals surface area contributed by atoms with Gasteiger partial charge in [-0.25, -0.2) is 4.68 Å². The van der Waals surface area contributed by atoms with E-state index in [0.29, 0.717) is 41.0 Å². The number of fused-ring (bicyclic) bond motifs is 2. The summed E-state index contributed by atoms with van der Waals surface area (Å²) in [6.45, 7) is 10.7. The maximum Gasteiger partial charge on any atom is 0.110 e. The fourth-order valence-corrected chi connectivity index (χ4v) is 7.03. The summed E-state index contributed by atoms with van der Waals surface area (Å²) in [7, 11) is 0. The van der Waals surface area contributed by atoms with Gasteiger partial charge in [0.05, 0.1) is 59.9 Å². The summed E-state index contributed by atoms with van der Waals surface area (Å²) in [5, 5.41) is 39.5. The van der Waals surface area contributed by atoms with Crippen molar-refractivity contribution in [3.8, 4) is 12.1 Å². The number of hydrogen-bond donors (Lipinski definition) is 2. The molecule has 0 amide bonds. The standard InChI is InChI=1S/C32H35N9OS/c1-32(2,3)18-36-30-20(11-34)12-35-29-19(10-33)8-21(9-25(29)30)37-31(27-13-41(39-38-27)22-4-5-22)26-17-43-28-14-40(7-6-24(26)28)23-15-42-16-23/h8-9,12-13,17,22-23,31,37H,4-7,14-16,18H2,1-3H3,(H,35,36)/t31-/m0/s1. The molecule has 7 rings (SSSR count). The van der Waals surface area contributed by atoms with Gasteiger partial charge < -0.3 is 15.4 Å². The number of hydrogen-bond acceptors (Lipinski definition) is 10. The van der Waals surface area contributed by atoms with Crippen LogP contribution in [0.25, 0.3) is 10.9 Å². The van der Waals surface area contributed by atoms with Crippen LogP contribution >= 0.6 is 11.3 Å². The van der Waals surface area contributed by atoms with Gasteiger partial charge in [-0.3, -0.25) is 9.88 Å². The van der Waals surface area contributed by atoms with E-state index >= 15 is 0 Å². The first-order valence-electron chi connectivity index (χ1n) is 14.9. The fourth-order valence-electron chi connectivity index (χ4n) is 5.88. The van der Waals surface area contributed by atoms with Crippen LogP contribution in [0.5, 0.6) is 0 Å². The lowest BCUT2D eigenvalue weighted by Gasteiger charge is -2.39. The lowest BCUT2D eigenvalue weighted by Crippen LogP contribution is -2.50. The number of pyridine rings is 1. The zero-order chi connectivity index (χ0) is 29.7. The third-order valence-corrected chi connectivity index (χ3v) is 9.55. The topological polar surface area (TPSA) is 128 Å². The molecule has 11 heteroatoms. The molecular formula is C32H35N9OS. The van der Waals surface area contributed by atoms with Gasteiger partial charge in [0.15, 0.2) is 0 Å². The average Bonchev–Trinajstić information content (AvgIpc) is 3.55. The number of anilines is 2. The van der Waals surface area contributed by atoms with Gasteiger partial charge in [-0.1, -0.05) is 26.0 Å². The van der Waals surface area contributed by atoms with E-state index in [4.69, 9.17) is 4.74 Å². The largest absolute Gasteiger partial charge is 0.383 e. The summed E-state index contributed by atoms with van der Waals surface area (Å²) in [5.41, 5.74) is 6.39. The first kappa shape index (κ1) is 27.8. The van der Waals surface area contributed by atoms with Crippen LogP contribution in [0.4, 0.5) is 11.4 Å². The summed E-state index contributed by atoms with van der Waals surface area (Å²) < 4.78 is 7.45. The number of nitriles is 2. The van der Waals surface area contributed by atoms with E-state index < -0.39 is 0 Å². The van der Waals surface area contributed by atoms with Crippen LogP contribution in [0.2, 0.25) is 0 Å². The van der Waals surface area contributed by atoms with Gasteiger partial charge in [0.25, 0.3) is 0 Å². The molecule has 3 aliphatic rings. The van der Waals surface area contributed by atoms with Crippen molar-refractivity contribution in [2.24, 2.45) is 5.41 Å². The number of rotatable bonds is 8. The predicted octanol–water partition coefficient (Wildman–Crippen LogP) is 5.38. The van der Waals surface area contributed by atoms with Crippen molar-refractivity contribution in [1.82, 2.24) is 24.9 Å². The van der Waals surface area contributed by atoms with Crippen LogP contribution in [-0.4, -0.2) is 57.2 Å². The maximum atomic E-state index is 10.2. The summed E-state index contributed by atoms with van der Waals surface area (Å²) in [4.78, 5) is 8.45. The first-order valence-corrected chi connectivity index (χ1v) is 15.8. The first-order chi connectivity index (χ1) is 20.8. The van der Waals surface area contributed by atoms with Crippen molar-refractivity contribution >= 4 is 33.6 Å². The second kappa shape index (κ2) is 10.9. The third kappa shape index (κ3) is 5.45. The van der Waals surface area contributed by atoms with Gasteiger partial charge in [0, 0.05) is 41.8 Å². The van der Waals surface area contributed by atoms with Crippen LogP contribution in [0.1, 0.15) is 78.5 Å². The molecule has 0 radical (unpaired) electrons. The number of thiophene rings is 1. The molecule has 0 bridgehead atoms. The third-order valence-electron chi connectivity index (χ3n) is 8.52. The maximum absolute atomic E-state index is 10.2. The van der Waals surface area contributed by atoms with Crippen molar-refractivity contribution in [2.75, 3.05) is 36.9 Å². The number of aromatic nitrogens is 4. The summed E-state index contributed by atoms with van der Waals surface area (Å²) in [5.74, 6) is 0. The highest BCUT2D eigenvalue weighted by Gasteiger charge is 2.33. The molecule has 43 heavy (non-hydrogen) atoms. The predicted molar refractivity (Wildman–Crippen MR) is 166 cm³/mol. The Balaban J connectivity index is 1.29. The van der Waals surface area contributed by atoms with E-state index in [1.54, 1.807) is 6.20 Å². The van der Waals surface area contributed by atoms with E-state index in [1.807, 2.05) is 28.2 Å². The zero-order valence-electron chi connectivity index (χ0n) is 24.7. The average molecular weight is 594 g/mol. The second-order valence-corrected chi connectivity index (χ2v) is 14.0. The number of benzene rings is 1. The number of nitrogens with zero attached hydrogens (tertiary/aromatic N) is 7. The summed E-state index contributed by atoms with van der Waals surface area (Å²) in [6.07, 6.45) is 6.85. The lowest BCUT2D eigenvalue weighted by molar-refractivity contribution is -0.0691. The highest BCUT2D eigenvalue weighted by molar-refractivity contribution is 7.10. The molecule has 220 valence electrons. The Morgan fingerprint density at radius 3 is 2.65 bits per heavy atom. The van der Waals surface area contributed by atoms with E-state index in [9.17, 15) is 10.5 Å². The molecule has 2 fully saturated rings. The molecule has 3 aromatic heterocycles. The quantitative estimate of drug-likeness (QED) is 0.277. The Hall–Kier alpha value is -4.03. The van der Waals surface area contributed by atoms with Gasteiger partial charge in [-0.2, -0.15) is 10.5 Å². The highest BCUT2D eigenvalue weighted by atomic mass is 32.1. The van der Waals surface area contributed by atoms with Crippen LogP contribution < -0.4 is 10.6 Å². The van der Waals surface area contributed by atoms with E-state index in [2.05, 4.69) is 75.3 Å². The minimum atomic E-state index is -0.242. The SMILES string of the molecule is CC(C)(C)CNc1c(C#N)cnc2c(C#N)cc(N[C@H](c3cn(C4CC4)nn3)c3csc4c3CCN(C3COC3)C4)cc12. The van der Waals surface area contributed by atoms with E-state index in [-0.39, 0.29) is 11.5 Å².